The normalized spacial score (nSPS) is 24.4. The van der Waals surface area contributed by atoms with Crippen molar-refractivity contribution in [1.82, 2.24) is 0 Å². The van der Waals surface area contributed by atoms with Gasteiger partial charge in [-0.25, -0.2) is 22.0 Å². The lowest BCUT2D eigenvalue weighted by Crippen LogP contribution is -2.09. The van der Waals surface area contributed by atoms with Gasteiger partial charge in [0.15, 0.2) is 23.3 Å². The van der Waals surface area contributed by atoms with Gasteiger partial charge >= 0.3 is 0 Å². The van der Waals surface area contributed by atoms with Crippen molar-refractivity contribution in [3.8, 4) is 0 Å². The summed E-state index contributed by atoms with van der Waals surface area (Å²) in [4.78, 5) is 0. The molecule has 1 nitrogen and oxygen atoms in total. The van der Waals surface area contributed by atoms with Gasteiger partial charge in [0.2, 0.25) is 5.82 Å². The van der Waals surface area contributed by atoms with Crippen LogP contribution in [0.3, 0.4) is 0 Å². The molecule has 1 aliphatic rings. The molecule has 0 bridgehead atoms. The van der Waals surface area contributed by atoms with Gasteiger partial charge < -0.3 is 5.73 Å². The van der Waals surface area contributed by atoms with E-state index in [1.807, 2.05) is 0 Å². The van der Waals surface area contributed by atoms with Crippen molar-refractivity contribution < 1.29 is 22.0 Å². The van der Waals surface area contributed by atoms with Crippen LogP contribution in [0.5, 0.6) is 0 Å². The highest BCUT2D eigenvalue weighted by Gasteiger charge is 2.42. The lowest BCUT2D eigenvalue weighted by Gasteiger charge is -2.06. The molecule has 0 radical (unpaired) electrons. The van der Waals surface area contributed by atoms with E-state index in [0.717, 1.165) is 0 Å². The molecule has 6 heteroatoms. The van der Waals surface area contributed by atoms with Gasteiger partial charge in [-0.15, -0.1) is 0 Å². The summed E-state index contributed by atoms with van der Waals surface area (Å²) < 4.78 is 64.2. The predicted molar refractivity (Wildman–Crippen MR) is 41.6 cm³/mol. The van der Waals surface area contributed by atoms with Crippen LogP contribution in [0.4, 0.5) is 22.0 Å². The molecule has 0 amide bonds. The molecule has 1 aromatic carbocycles. The molecule has 1 fully saturated rings. The second kappa shape index (κ2) is 3.16. The first-order valence-corrected chi connectivity index (χ1v) is 4.22. The summed E-state index contributed by atoms with van der Waals surface area (Å²) in [5.74, 6) is -10.3. The van der Waals surface area contributed by atoms with E-state index in [1.165, 1.54) is 0 Å². The standard InChI is InChI=1S/C9H6F5N/c10-5-4(2-1-3(2)15)6(11)8(13)9(14)7(5)12/h2-3H,1,15H2/t2-,3-/m1/s1. The maximum Gasteiger partial charge on any atom is 0.200 e. The lowest BCUT2D eigenvalue weighted by molar-refractivity contribution is 0.370. The Kier molecular flexibility index (Phi) is 2.18. The number of rotatable bonds is 1. The monoisotopic (exact) mass is 223 g/mol. The highest BCUT2D eigenvalue weighted by atomic mass is 19.2. The van der Waals surface area contributed by atoms with Crippen LogP contribution < -0.4 is 5.73 Å². The third kappa shape index (κ3) is 1.40. The van der Waals surface area contributed by atoms with Crippen molar-refractivity contribution in [2.24, 2.45) is 5.73 Å². The molecule has 2 N–H and O–H groups in total. The maximum absolute atomic E-state index is 13.1. The van der Waals surface area contributed by atoms with Gasteiger partial charge in [-0.3, -0.25) is 0 Å². The van der Waals surface area contributed by atoms with E-state index in [-0.39, 0.29) is 6.42 Å². The zero-order chi connectivity index (χ0) is 11.3. The Labute approximate surface area is 81.7 Å². The number of hydrogen-bond donors (Lipinski definition) is 1. The van der Waals surface area contributed by atoms with E-state index in [2.05, 4.69) is 0 Å². The topological polar surface area (TPSA) is 26.0 Å². The minimum atomic E-state index is -2.14. The third-order valence-corrected chi connectivity index (χ3v) is 2.45. The zero-order valence-electron chi connectivity index (χ0n) is 7.33. The summed E-state index contributed by atoms with van der Waals surface area (Å²) in [7, 11) is 0. The molecule has 2 rings (SSSR count). The molecule has 0 aliphatic heterocycles. The Balaban J connectivity index is 2.64. The van der Waals surface area contributed by atoms with Crippen LogP contribution in [0.25, 0.3) is 0 Å². The quantitative estimate of drug-likeness (QED) is 0.441. The number of halogens is 5. The average molecular weight is 223 g/mol. The van der Waals surface area contributed by atoms with Crippen LogP contribution in [0, 0.1) is 29.1 Å². The van der Waals surface area contributed by atoms with Gasteiger partial charge in [-0.2, -0.15) is 0 Å². The Morgan fingerprint density at radius 2 is 1.13 bits per heavy atom. The fraction of sp³-hybridized carbons (Fsp3) is 0.333. The summed E-state index contributed by atoms with van der Waals surface area (Å²) in [6.07, 6.45) is 0.234. The highest BCUT2D eigenvalue weighted by Crippen LogP contribution is 2.43. The third-order valence-electron chi connectivity index (χ3n) is 2.45. The second-order valence-corrected chi connectivity index (χ2v) is 3.49. The molecule has 1 saturated carbocycles. The Bertz CT molecular complexity index is 402. The number of benzene rings is 1. The first-order chi connectivity index (χ1) is 6.95. The molecule has 0 unspecified atom stereocenters. The first kappa shape index (κ1) is 10.4. The van der Waals surface area contributed by atoms with Crippen LogP contribution in [0.15, 0.2) is 0 Å². The van der Waals surface area contributed by atoms with Crippen LogP contribution in [-0.4, -0.2) is 6.04 Å². The Hall–Kier alpha value is -1.17. The minimum Gasteiger partial charge on any atom is -0.327 e. The highest BCUT2D eigenvalue weighted by molar-refractivity contribution is 5.32. The van der Waals surface area contributed by atoms with E-state index in [4.69, 9.17) is 5.73 Å². The summed E-state index contributed by atoms with van der Waals surface area (Å²) in [5, 5.41) is 0. The van der Waals surface area contributed by atoms with E-state index in [0.29, 0.717) is 0 Å². The average Bonchev–Trinajstić information content (AvgIpc) is 2.90. The van der Waals surface area contributed by atoms with E-state index in [9.17, 15) is 22.0 Å². The summed E-state index contributed by atoms with van der Waals surface area (Å²) in [6, 6.07) is -0.529. The van der Waals surface area contributed by atoms with Gasteiger partial charge in [-0.1, -0.05) is 0 Å². The van der Waals surface area contributed by atoms with Crippen LogP contribution in [0.1, 0.15) is 17.9 Å². The lowest BCUT2D eigenvalue weighted by atomic mass is 10.1. The summed E-state index contributed by atoms with van der Waals surface area (Å²) >= 11 is 0. The molecule has 2 atom stereocenters. The van der Waals surface area contributed by atoms with Gasteiger partial charge in [-0.05, 0) is 6.42 Å². The molecular formula is C9H6F5N. The molecule has 1 aromatic rings. The van der Waals surface area contributed by atoms with Crippen LogP contribution in [0.2, 0.25) is 0 Å². The molecule has 0 saturated heterocycles. The van der Waals surface area contributed by atoms with E-state index < -0.39 is 46.6 Å². The fourth-order valence-corrected chi connectivity index (χ4v) is 1.49. The smallest absolute Gasteiger partial charge is 0.200 e. The predicted octanol–water partition coefficient (Wildman–Crippen LogP) is 2.20. The molecular weight excluding hydrogens is 217 g/mol. The van der Waals surface area contributed by atoms with Crippen molar-refractivity contribution in [3.05, 3.63) is 34.6 Å². The first-order valence-electron chi connectivity index (χ1n) is 4.22. The second-order valence-electron chi connectivity index (χ2n) is 3.49. The van der Waals surface area contributed by atoms with E-state index >= 15 is 0 Å². The zero-order valence-corrected chi connectivity index (χ0v) is 7.33. The van der Waals surface area contributed by atoms with Gasteiger partial charge in [0, 0.05) is 17.5 Å². The van der Waals surface area contributed by atoms with Gasteiger partial charge in [0.1, 0.15) is 0 Å². The van der Waals surface area contributed by atoms with Crippen molar-refractivity contribution in [2.45, 2.75) is 18.4 Å². The van der Waals surface area contributed by atoms with Crippen molar-refractivity contribution in [1.29, 1.82) is 0 Å². The number of nitrogens with two attached hydrogens (primary N) is 1. The van der Waals surface area contributed by atoms with E-state index in [1.54, 1.807) is 0 Å². The maximum atomic E-state index is 13.1. The van der Waals surface area contributed by atoms with Crippen molar-refractivity contribution in [2.75, 3.05) is 0 Å². The van der Waals surface area contributed by atoms with Crippen molar-refractivity contribution in [3.63, 3.8) is 0 Å². The molecule has 15 heavy (non-hydrogen) atoms. The van der Waals surface area contributed by atoms with Crippen LogP contribution >= 0.6 is 0 Å². The van der Waals surface area contributed by atoms with Crippen molar-refractivity contribution >= 4 is 0 Å². The van der Waals surface area contributed by atoms with Gasteiger partial charge in [0.05, 0.1) is 0 Å². The summed E-state index contributed by atoms with van der Waals surface area (Å²) in [6.45, 7) is 0. The number of hydrogen-bond acceptors (Lipinski definition) is 1. The molecule has 0 spiro atoms. The molecule has 0 aromatic heterocycles. The fourth-order valence-electron chi connectivity index (χ4n) is 1.49. The summed E-state index contributed by atoms with van der Waals surface area (Å²) in [5.41, 5.74) is 4.51. The largest absolute Gasteiger partial charge is 0.327 e. The van der Waals surface area contributed by atoms with Gasteiger partial charge in [0.25, 0.3) is 0 Å². The Morgan fingerprint density at radius 3 is 1.47 bits per heavy atom. The molecule has 0 heterocycles. The SMILES string of the molecule is N[C@@H]1C[C@H]1c1c(F)c(F)c(F)c(F)c1F. The minimum absolute atomic E-state index is 0.234. The molecule has 82 valence electrons. The van der Waals surface area contributed by atoms with Crippen LogP contribution in [-0.2, 0) is 0 Å². The Morgan fingerprint density at radius 1 is 0.800 bits per heavy atom. The molecule has 1 aliphatic carbocycles.